The zero-order valence-corrected chi connectivity index (χ0v) is 20.3. The highest BCUT2D eigenvalue weighted by Crippen LogP contribution is 2.34. The summed E-state index contributed by atoms with van der Waals surface area (Å²) in [5.74, 6) is 2.85. The standard InChI is InChI=1S/C26H31FN4O2S/c1-32-23-8-3-7-22(16-23)31-25(28-29-26(31)34-18-24-9-4-14-33-24)20-10-12-30(13-11-20)17-19-5-2-6-21(27)15-19/h2-3,5-8,15-16,20,24H,4,9-14,17-18H2,1H3/t24-/m0/s1. The number of hydrogen-bond donors (Lipinski definition) is 0. The van der Waals surface area contributed by atoms with Gasteiger partial charge in [0.2, 0.25) is 0 Å². The molecule has 5 rings (SSSR count). The second kappa shape index (κ2) is 10.9. The molecule has 1 aromatic heterocycles. The summed E-state index contributed by atoms with van der Waals surface area (Å²) in [5.41, 5.74) is 2.04. The van der Waals surface area contributed by atoms with E-state index in [9.17, 15) is 4.39 Å². The van der Waals surface area contributed by atoms with Crippen LogP contribution in [0.15, 0.2) is 53.7 Å². The van der Waals surface area contributed by atoms with E-state index in [1.165, 1.54) is 6.07 Å². The first-order valence-corrected chi connectivity index (χ1v) is 13.0. The van der Waals surface area contributed by atoms with E-state index in [1.807, 2.05) is 24.3 Å². The van der Waals surface area contributed by atoms with Crippen LogP contribution < -0.4 is 4.74 Å². The first-order valence-electron chi connectivity index (χ1n) is 12.0. The summed E-state index contributed by atoms with van der Waals surface area (Å²) in [7, 11) is 1.69. The molecule has 3 aromatic rings. The van der Waals surface area contributed by atoms with Crippen LogP contribution in [0, 0.1) is 5.82 Å². The van der Waals surface area contributed by atoms with Crippen molar-refractivity contribution < 1.29 is 13.9 Å². The summed E-state index contributed by atoms with van der Waals surface area (Å²) in [4.78, 5) is 2.39. The molecule has 180 valence electrons. The van der Waals surface area contributed by atoms with Crippen LogP contribution in [0.4, 0.5) is 4.39 Å². The molecule has 6 nitrogen and oxygen atoms in total. The predicted molar refractivity (Wildman–Crippen MR) is 131 cm³/mol. The molecule has 2 aromatic carbocycles. The monoisotopic (exact) mass is 482 g/mol. The van der Waals surface area contributed by atoms with E-state index >= 15 is 0 Å². The molecule has 0 unspecified atom stereocenters. The first kappa shape index (κ1) is 23.3. The maximum atomic E-state index is 13.6. The maximum absolute atomic E-state index is 13.6. The van der Waals surface area contributed by atoms with Gasteiger partial charge in [0.25, 0.3) is 0 Å². The molecule has 1 atom stereocenters. The summed E-state index contributed by atoms with van der Waals surface area (Å²) in [5, 5.41) is 10.2. The van der Waals surface area contributed by atoms with Crippen molar-refractivity contribution in [1.82, 2.24) is 19.7 Å². The van der Waals surface area contributed by atoms with E-state index in [2.05, 4.69) is 25.7 Å². The molecule has 0 aliphatic carbocycles. The highest BCUT2D eigenvalue weighted by Gasteiger charge is 2.28. The number of ether oxygens (including phenoxy) is 2. The van der Waals surface area contributed by atoms with Crippen LogP contribution in [0.5, 0.6) is 5.75 Å². The summed E-state index contributed by atoms with van der Waals surface area (Å²) in [6.07, 6.45) is 4.52. The molecule has 3 heterocycles. The molecule has 2 aliphatic heterocycles. The van der Waals surface area contributed by atoms with Gasteiger partial charge in [0.15, 0.2) is 5.16 Å². The lowest BCUT2D eigenvalue weighted by atomic mass is 9.95. The van der Waals surface area contributed by atoms with Gasteiger partial charge in [-0.1, -0.05) is 30.0 Å². The van der Waals surface area contributed by atoms with Crippen LogP contribution in [0.3, 0.4) is 0 Å². The lowest BCUT2D eigenvalue weighted by molar-refractivity contribution is 0.129. The van der Waals surface area contributed by atoms with E-state index in [0.29, 0.717) is 5.92 Å². The van der Waals surface area contributed by atoms with Crippen molar-refractivity contribution >= 4 is 11.8 Å². The normalized spacial score (nSPS) is 19.5. The van der Waals surface area contributed by atoms with Gasteiger partial charge < -0.3 is 9.47 Å². The predicted octanol–water partition coefficient (Wildman–Crippen LogP) is 5.07. The Morgan fingerprint density at radius 3 is 2.71 bits per heavy atom. The molecule has 2 aliphatic rings. The minimum absolute atomic E-state index is 0.174. The zero-order valence-electron chi connectivity index (χ0n) is 19.5. The minimum Gasteiger partial charge on any atom is -0.497 e. The number of thioether (sulfide) groups is 1. The van der Waals surface area contributed by atoms with Crippen molar-refractivity contribution in [2.24, 2.45) is 0 Å². The SMILES string of the molecule is COc1cccc(-n2c(SC[C@@H]3CCCO3)nnc2C2CCN(Cc3cccc(F)c3)CC2)c1. The summed E-state index contributed by atoms with van der Waals surface area (Å²) < 4.78 is 27.1. The van der Waals surface area contributed by atoms with Gasteiger partial charge in [0, 0.05) is 30.9 Å². The number of rotatable bonds is 8. The molecule has 0 radical (unpaired) electrons. The minimum atomic E-state index is -0.174. The highest BCUT2D eigenvalue weighted by molar-refractivity contribution is 7.99. The van der Waals surface area contributed by atoms with Gasteiger partial charge in [-0.15, -0.1) is 10.2 Å². The van der Waals surface area contributed by atoms with Crippen molar-refractivity contribution in [3.63, 3.8) is 0 Å². The average Bonchev–Trinajstić information content (AvgIpc) is 3.53. The van der Waals surface area contributed by atoms with Gasteiger partial charge in [0.1, 0.15) is 17.4 Å². The molecule has 34 heavy (non-hydrogen) atoms. The number of methoxy groups -OCH3 is 1. The lowest BCUT2D eigenvalue weighted by Gasteiger charge is -2.31. The molecule has 8 heteroatoms. The Morgan fingerprint density at radius 1 is 1.09 bits per heavy atom. The van der Waals surface area contributed by atoms with Gasteiger partial charge in [-0.3, -0.25) is 9.47 Å². The Kier molecular flexibility index (Phi) is 7.47. The van der Waals surface area contributed by atoms with E-state index in [4.69, 9.17) is 9.47 Å². The molecule has 2 saturated heterocycles. The van der Waals surface area contributed by atoms with Crippen molar-refractivity contribution in [2.45, 2.75) is 49.4 Å². The van der Waals surface area contributed by atoms with Crippen LogP contribution in [0.25, 0.3) is 5.69 Å². The summed E-state index contributed by atoms with van der Waals surface area (Å²) in [6, 6.07) is 15.0. The number of halogens is 1. The number of benzene rings is 2. The van der Waals surface area contributed by atoms with Crippen LogP contribution >= 0.6 is 11.8 Å². The van der Waals surface area contributed by atoms with Crippen LogP contribution in [-0.2, 0) is 11.3 Å². The van der Waals surface area contributed by atoms with Crippen molar-refractivity contribution in [2.75, 3.05) is 32.6 Å². The van der Waals surface area contributed by atoms with Crippen molar-refractivity contribution in [1.29, 1.82) is 0 Å². The molecule has 0 saturated carbocycles. The molecule has 0 spiro atoms. The third-order valence-corrected chi connectivity index (χ3v) is 7.70. The number of aromatic nitrogens is 3. The zero-order chi connectivity index (χ0) is 23.3. The fourth-order valence-electron chi connectivity index (χ4n) is 4.82. The van der Waals surface area contributed by atoms with Crippen molar-refractivity contribution in [3.05, 3.63) is 65.7 Å². The van der Waals surface area contributed by atoms with Gasteiger partial charge in [-0.2, -0.15) is 0 Å². The Bertz CT molecular complexity index is 1090. The highest BCUT2D eigenvalue weighted by atomic mass is 32.2. The van der Waals surface area contributed by atoms with Crippen LogP contribution in [0.1, 0.15) is 43.0 Å². The van der Waals surface area contributed by atoms with Gasteiger partial charge in [0.05, 0.1) is 18.9 Å². The summed E-state index contributed by atoms with van der Waals surface area (Å²) >= 11 is 1.72. The van der Waals surface area contributed by atoms with E-state index in [1.54, 1.807) is 31.0 Å². The quantitative estimate of drug-likeness (QED) is 0.418. The van der Waals surface area contributed by atoms with Crippen LogP contribution in [-0.4, -0.2) is 58.3 Å². The topological polar surface area (TPSA) is 52.4 Å². The van der Waals surface area contributed by atoms with Gasteiger partial charge in [-0.05, 0) is 68.6 Å². The number of likely N-dealkylation sites (tertiary alicyclic amines) is 1. The van der Waals surface area contributed by atoms with E-state index < -0.39 is 0 Å². The molecule has 0 N–H and O–H groups in total. The molecule has 0 amide bonds. The Morgan fingerprint density at radius 2 is 1.94 bits per heavy atom. The third kappa shape index (κ3) is 5.45. The fraction of sp³-hybridized carbons (Fsp3) is 0.462. The molecule has 0 bridgehead atoms. The Balaban J connectivity index is 1.33. The second-order valence-electron chi connectivity index (χ2n) is 9.00. The summed E-state index contributed by atoms with van der Waals surface area (Å²) in [6.45, 7) is 3.53. The van der Waals surface area contributed by atoms with Crippen LogP contribution in [0.2, 0.25) is 0 Å². The van der Waals surface area contributed by atoms with Crippen molar-refractivity contribution in [3.8, 4) is 11.4 Å². The largest absolute Gasteiger partial charge is 0.497 e. The Hall–Kier alpha value is -2.42. The van der Waals surface area contributed by atoms with E-state index in [0.717, 1.165) is 85.7 Å². The smallest absolute Gasteiger partial charge is 0.195 e. The number of piperidine rings is 1. The lowest BCUT2D eigenvalue weighted by Crippen LogP contribution is -2.33. The molecular weight excluding hydrogens is 451 g/mol. The number of hydrogen-bond acceptors (Lipinski definition) is 6. The maximum Gasteiger partial charge on any atom is 0.195 e. The third-order valence-electron chi connectivity index (χ3n) is 6.64. The average molecular weight is 483 g/mol. The second-order valence-corrected chi connectivity index (χ2v) is 9.99. The molecule has 2 fully saturated rings. The van der Waals surface area contributed by atoms with Gasteiger partial charge >= 0.3 is 0 Å². The van der Waals surface area contributed by atoms with Gasteiger partial charge in [-0.25, -0.2) is 4.39 Å². The number of nitrogens with zero attached hydrogens (tertiary/aromatic N) is 4. The Labute approximate surface area is 204 Å². The fourth-order valence-corrected chi connectivity index (χ4v) is 5.84. The first-order chi connectivity index (χ1) is 16.7. The molecular formula is C26H31FN4O2S. The van der Waals surface area contributed by atoms with E-state index in [-0.39, 0.29) is 11.9 Å².